The van der Waals surface area contributed by atoms with Gasteiger partial charge >= 0.3 is 0 Å². The second-order valence-electron chi connectivity index (χ2n) is 5.62. The fourth-order valence-corrected chi connectivity index (χ4v) is 2.57. The second kappa shape index (κ2) is 6.18. The van der Waals surface area contributed by atoms with Crippen LogP contribution in [0.2, 0.25) is 0 Å². The van der Waals surface area contributed by atoms with Crippen molar-refractivity contribution in [2.24, 2.45) is 0 Å². The van der Waals surface area contributed by atoms with E-state index in [9.17, 15) is 10.4 Å². The Morgan fingerprint density at radius 2 is 1.68 bits per heavy atom. The standard InChI is InChI=1S/C16H22N2O/c1-12(2)13-3-5-14(6-4-13)16(11-17)18-9-7-15(19)8-10-18/h3-6,12,15-16,19H,7-10H2,1-2H3. The van der Waals surface area contributed by atoms with Crippen LogP contribution in [0.3, 0.4) is 0 Å². The van der Waals surface area contributed by atoms with Crippen molar-refractivity contribution >= 4 is 0 Å². The Kier molecular flexibility index (Phi) is 4.57. The quantitative estimate of drug-likeness (QED) is 0.907. The molecule has 0 bridgehead atoms. The lowest BCUT2D eigenvalue weighted by molar-refractivity contribution is 0.0716. The highest BCUT2D eigenvalue weighted by molar-refractivity contribution is 5.29. The number of rotatable bonds is 3. The smallest absolute Gasteiger partial charge is 0.123 e. The third kappa shape index (κ3) is 3.34. The molecule has 1 heterocycles. The van der Waals surface area contributed by atoms with Crippen LogP contribution >= 0.6 is 0 Å². The van der Waals surface area contributed by atoms with Crippen molar-refractivity contribution in [3.05, 3.63) is 35.4 Å². The minimum Gasteiger partial charge on any atom is -0.393 e. The summed E-state index contributed by atoms with van der Waals surface area (Å²) >= 11 is 0. The molecule has 1 saturated heterocycles. The van der Waals surface area contributed by atoms with E-state index in [1.54, 1.807) is 0 Å². The molecule has 0 amide bonds. The van der Waals surface area contributed by atoms with Crippen molar-refractivity contribution in [1.29, 1.82) is 5.26 Å². The van der Waals surface area contributed by atoms with Gasteiger partial charge in [-0.2, -0.15) is 5.26 Å². The number of piperidine rings is 1. The van der Waals surface area contributed by atoms with Gasteiger partial charge in [-0.25, -0.2) is 0 Å². The number of hydrogen-bond acceptors (Lipinski definition) is 3. The first-order valence-corrected chi connectivity index (χ1v) is 7.03. The Hall–Kier alpha value is -1.37. The van der Waals surface area contributed by atoms with E-state index in [1.807, 2.05) is 0 Å². The summed E-state index contributed by atoms with van der Waals surface area (Å²) in [5.41, 5.74) is 2.36. The predicted molar refractivity (Wildman–Crippen MR) is 75.7 cm³/mol. The topological polar surface area (TPSA) is 47.3 Å². The van der Waals surface area contributed by atoms with E-state index < -0.39 is 0 Å². The molecule has 0 aromatic heterocycles. The molecular formula is C16H22N2O. The summed E-state index contributed by atoms with van der Waals surface area (Å²) in [5.74, 6) is 0.514. The minimum atomic E-state index is -0.195. The molecule has 1 aliphatic rings. The number of likely N-dealkylation sites (tertiary alicyclic amines) is 1. The molecule has 0 radical (unpaired) electrons. The molecule has 1 aromatic rings. The van der Waals surface area contributed by atoms with Gasteiger partial charge in [0.25, 0.3) is 0 Å². The number of nitrogens with zero attached hydrogens (tertiary/aromatic N) is 2. The Morgan fingerprint density at radius 3 is 2.16 bits per heavy atom. The maximum atomic E-state index is 9.54. The fraction of sp³-hybridized carbons (Fsp3) is 0.562. The van der Waals surface area contributed by atoms with Gasteiger partial charge in [0.15, 0.2) is 0 Å². The van der Waals surface area contributed by atoms with Crippen molar-refractivity contribution in [2.45, 2.75) is 44.8 Å². The molecule has 3 nitrogen and oxygen atoms in total. The summed E-state index contributed by atoms with van der Waals surface area (Å²) in [6.45, 7) is 5.93. The van der Waals surface area contributed by atoms with E-state index in [1.165, 1.54) is 5.56 Å². The van der Waals surface area contributed by atoms with Crippen LogP contribution in [0, 0.1) is 11.3 Å². The second-order valence-corrected chi connectivity index (χ2v) is 5.62. The monoisotopic (exact) mass is 258 g/mol. The molecule has 0 saturated carbocycles. The lowest BCUT2D eigenvalue weighted by Gasteiger charge is -2.33. The Bertz CT molecular complexity index is 439. The highest BCUT2D eigenvalue weighted by atomic mass is 16.3. The van der Waals surface area contributed by atoms with Crippen LogP contribution < -0.4 is 0 Å². The van der Waals surface area contributed by atoms with Gasteiger partial charge in [0.1, 0.15) is 6.04 Å². The molecule has 3 heteroatoms. The first-order valence-electron chi connectivity index (χ1n) is 7.03. The Labute approximate surface area is 115 Å². The van der Waals surface area contributed by atoms with E-state index in [-0.39, 0.29) is 12.1 Å². The van der Waals surface area contributed by atoms with Crippen molar-refractivity contribution in [1.82, 2.24) is 4.90 Å². The predicted octanol–water partition coefficient (Wildman–Crippen LogP) is 2.83. The third-order valence-corrected chi connectivity index (χ3v) is 3.91. The van der Waals surface area contributed by atoms with Crippen molar-refractivity contribution < 1.29 is 5.11 Å². The molecule has 1 atom stereocenters. The van der Waals surface area contributed by atoms with Crippen LogP contribution in [0.5, 0.6) is 0 Å². The molecule has 0 spiro atoms. The van der Waals surface area contributed by atoms with Gasteiger partial charge in [0.05, 0.1) is 12.2 Å². The molecule has 0 aliphatic carbocycles. The summed E-state index contributed by atoms with van der Waals surface area (Å²) in [6.07, 6.45) is 1.34. The molecule has 1 fully saturated rings. The average Bonchev–Trinajstić information content (AvgIpc) is 2.42. The van der Waals surface area contributed by atoms with Crippen LogP contribution in [0.4, 0.5) is 0 Å². The molecular weight excluding hydrogens is 236 g/mol. The summed E-state index contributed by atoms with van der Waals surface area (Å²) in [6, 6.07) is 10.6. The van der Waals surface area contributed by atoms with Gasteiger partial charge in [0, 0.05) is 13.1 Å². The molecule has 1 unspecified atom stereocenters. The van der Waals surface area contributed by atoms with Crippen molar-refractivity contribution in [3.8, 4) is 6.07 Å². The Morgan fingerprint density at radius 1 is 1.16 bits per heavy atom. The van der Waals surface area contributed by atoms with E-state index in [2.05, 4.69) is 49.1 Å². The fourth-order valence-electron chi connectivity index (χ4n) is 2.57. The van der Waals surface area contributed by atoms with E-state index in [0.29, 0.717) is 5.92 Å². The summed E-state index contributed by atoms with van der Waals surface area (Å²) < 4.78 is 0. The maximum Gasteiger partial charge on any atom is 0.123 e. The molecule has 19 heavy (non-hydrogen) atoms. The van der Waals surface area contributed by atoms with Gasteiger partial charge in [-0.15, -0.1) is 0 Å². The normalized spacial score (nSPS) is 19.3. The summed E-state index contributed by atoms with van der Waals surface area (Å²) in [4.78, 5) is 2.16. The SMILES string of the molecule is CC(C)c1ccc(C(C#N)N2CCC(O)CC2)cc1. The third-order valence-electron chi connectivity index (χ3n) is 3.91. The summed E-state index contributed by atoms with van der Waals surface area (Å²) in [5, 5.41) is 19.0. The highest BCUT2D eigenvalue weighted by Gasteiger charge is 2.25. The highest BCUT2D eigenvalue weighted by Crippen LogP contribution is 2.25. The lowest BCUT2D eigenvalue weighted by atomic mass is 9.97. The first kappa shape index (κ1) is 14.0. The van der Waals surface area contributed by atoms with Gasteiger partial charge in [-0.05, 0) is 29.9 Å². The lowest BCUT2D eigenvalue weighted by Crippen LogP contribution is -2.38. The zero-order valence-corrected chi connectivity index (χ0v) is 11.7. The maximum absolute atomic E-state index is 9.54. The van der Waals surface area contributed by atoms with Crippen LogP contribution in [0.1, 0.15) is 49.8 Å². The zero-order chi connectivity index (χ0) is 13.8. The zero-order valence-electron chi connectivity index (χ0n) is 11.7. The van der Waals surface area contributed by atoms with E-state index >= 15 is 0 Å². The minimum absolute atomic E-state index is 0.186. The van der Waals surface area contributed by atoms with Crippen LogP contribution in [0.15, 0.2) is 24.3 Å². The molecule has 1 N–H and O–H groups in total. The van der Waals surface area contributed by atoms with Gasteiger partial charge in [0.2, 0.25) is 0 Å². The van der Waals surface area contributed by atoms with Crippen LogP contribution in [-0.2, 0) is 0 Å². The van der Waals surface area contributed by atoms with Gasteiger partial charge in [-0.3, -0.25) is 4.90 Å². The Balaban J connectivity index is 2.11. The van der Waals surface area contributed by atoms with Gasteiger partial charge < -0.3 is 5.11 Å². The summed E-state index contributed by atoms with van der Waals surface area (Å²) in [7, 11) is 0. The van der Waals surface area contributed by atoms with Crippen molar-refractivity contribution in [2.75, 3.05) is 13.1 Å². The molecule has 1 aliphatic heterocycles. The average molecular weight is 258 g/mol. The number of hydrogen-bond donors (Lipinski definition) is 1. The molecule has 1 aromatic carbocycles. The largest absolute Gasteiger partial charge is 0.393 e. The molecule has 2 rings (SSSR count). The van der Waals surface area contributed by atoms with Crippen LogP contribution in [0.25, 0.3) is 0 Å². The van der Waals surface area contributed by atoms with Crippen LogP contribution in [-0.4, -0.2) is 29.2 Å². The van der Waals surface area contributed by atoms with E-state index in [4.69, 9.17) is 0 Å². The van der Waals surface area contributed by atoms with E-state index in [0.717, 1.165) is 31.5 Å². The number of benzene rings is 1. The van der Waals surface area contributed by atoms with Gasteiger partial charge in [-0.1, -0.05) is 38.1 Å². The number of aliphatic hydroxyl groups is 1. The molecule has 102 valence electrons. The first-order chi connectivity index (χ1) is 9.11. The van der Waals surface area contributed by atoms with Crippen molar-refractivity contribution in [3.63, 3.8) is 0 Å². The number of aliphatic hydroxyl groups excluding tert-OH is 1. The number of nitriles is 1.